The lowest BCUT2D eigenvalue weighted by molar-refractivity contribution is -0.276. The third kappa shape index (κ3) is 8.46. The quantitative estimate of drug-likeness (QED) is 0.143. The molecule has 294 valence electrons. The molecule has 10 rings (SSSR count). The maximum absolute atomic E-state index is 13.2. The Labute approximate surface area is 332 Å². The smallest absolute Gasteiger partial charge is 0.315 e. The summed E-state index contributed by atoms with van der Waals surface area (Å²) in [7, 11) is 0. The molecule has 4 bridgehead atoms. The molecule has 3 N–H and O–H groups in total. The lowest BCUT2D eigenvalue weighted by atomic mass is 9.53. The molecule has 2 amide bonds. The molecule has 56 heavy (non-hydrogen) atoms. The number of nitrogens with one attached hydrogen (secondary N) is 2. The lowest BCUT2D eigenvalue weighted by Gasteiger charge is -2.56. The van der Waals surface area contributed by atoms with Gasteiger partial charge in [0.05, 0.1) is 18.8 Å². The van der Waals surface area contributed by atoms with Gasteiger partial charge in [-0.25, -0.2) is 4.79 Å². The monoisotopic (exact) mass is 754 g/mol. The van der Waals surface area contributed by atoms with E-state index < -0.39 is 6.29 Å². The summed E-state index contributed by atoms with van der Waals surface area (Å²) < 4.78 is 13.6. The first-order chi connectivity index (χ1) is 27.4. The molecular weight excluding hydrogens is 697 g/mol. The molecule has 0 radical (unpaired) electrons. The van der Waals surface area contributed by atoms with Crippen molar-refractivity contribution in [2.75, 3.05) is 32.7 Å². The summed E-state index contributed by atoms with van der Waals surface area (Å²) in [4.78, 5) is 18.2. The van der Waals surface area contributed by atoms with E-state index in [1.165, 1.54) is 24.8 Å². The minimum atomic E-state index is -0.504. The predicted octanol–water partition coefficient (Wildman–Crippen LogP) is 8.22. The molecule has 2 aliphatic heterocycles. The molecule has 4 aromatic rings. The maximum atomic E-state index is 13.2. The molecule has 4 unspecified atom stereocenters. The summed E-state index contributed by atoms with van der Waals surface area (Å²) >= 11 is 0. The first-order valence-electron chi connectivity index (χ1n) is 21.1. The van der Waals surface area contributed by atoms with Crippen molar-refractivity contribution >= 4 is 6.03 Å². The number of nitrogens with zero attached hydrogens (tertiary/aromatic N) is 2. The number of carbonyl (C=O) groups is 1. The topological polar surface area (TPSA) is 86.3 Å². The van der Waals surface area contributed by atoms with Crippen LogP contribution in [-0.4, -0.2) is 65.3 Å². The van der Waals surface area contributed by atoms with Crippen LogP contribution >= 0.6 is 0 Å². The van der Waals surface area contributed by atoms with Crippen LogP contribution in [0.1, 0.15) is 85.7 Å². The molecular formula is C48H58N4O4. The standard InChI is InChI=1S/C48H58N4O4/c1-33-44(31-52-20-18-51(19-21-52)30-34-6-3-2-4-7-34)55-46(56-45(33)41-12-10-35(32-53)11-13-41)42-16-14-40(15-17-42)43-9-5-8-36(25-43)29-49-47(54)50-48-26-37-22-38(27-48)24-39(23-37)28-48/h2-17,25,33,37-39,44-46,53H,18-24,26-32H2,1H3,(H2,49,50,54). The van der Waals surface area contributed by atoms with E-state index in [9.17, 15) is 9.90 Å². The van der Waals surface area contributed by atoms with Gasteiger partial charge in [-0.3, -0.25) is 9.80 Å². The molecule has 8 heteroatoms. The van der Waals surface area contributed by atoms with E-state index in [4.69, 9.17) is 9.47 Å². The third-order valence-corrected chi connectivity index (χ3v) is 13.6. The summed E-state index contributed by atoms with van der Waals surface area (Å²) in [6.45, 7) is 8.70. The second-order valence-electron chi connectivity index (χ2n) is 17.7. The van der Waals surface area contributed by atoms with Crippen molar-refractivity contribution in [3.05, 3.63) is 131 Å². The maximum Gasteiger partial charge on any atom is 0.315 e. The summed E-state index contributed by atoms with van der Waals surface area (Å²) in [6, 6.07) is 35.9. The van der Waals surface area contributed by atoms with Crippen molar-refractivity contribution in [1.29, 1.82) is 0 Å². The van der Waals surface area contributed by atoms with Gasteiger partial charge >= 0.3 is 6.03 Å². The van der Waals surface area contributed by atoms with Crippen molar-refractivity contribution < 1.29 is 19.4 Å². The number of benzene rings is 4. The zero-order valence-corrected chi connectivity index (χ0v) is 32.8. The molecule has 6 aliphatic rings. The largest absolute Gasteiger partial charge is 0.392 e. The highest BCUT2D eigenvalue weighted by Gasteiger charge is 2.51. The van der Waals surface area contributed by atoms with Crippen molar-refractivity contribution in [3.63, 3.8) is 0 Å². The Bertz CT molecular complexity index is 1890. The van der Waals surface area contributed by atoms with Crippen LogP contribution in [0.15, 0.2) is 103 Å². The molecule has 4 aliphatic carbocycles. The number of urea groups is 1. The Balaban J connectivity index is 0.848. The molecule has 0 aromatic heterocycles. The van der Waals surface area contributed by atoms with Crippen LogP contribution in [0.25, 0.3) is 11.1 Å². The van der Waals surface area contributed by atoms with Crippen molar-refractivity contribution in [2.24, 2.45) is 23.7 Å². The summed E-state index contributed by atoms with van der Waals surface area (Å²) in [5.74, 6) is 2.54. The number of amides is 2. The fourth-order valence-corrected chi connectivity index (χ4v) is 11.0. The zero-order chi connectivity index (χ0) is 38.1. The lowest BCUT2D eigenvalue weighted by Crippen LogP contribution is -2.61. The minimum absolute atomic E-state index is 0.00889. The predicted molar refractivity (Wildman–Crippen MR) is 219 cm³/mol. The second-order valence-corrected chi connectivity index (χ2v) is 17.7. The molecule has 4 saturated carbocycles. The summed E-state index contributed by atoms with van der Waals surface area (Å²) in [6.07, 6.45) is 6.90. The van der Waals surface area contributed by atoms with Crippen LogP contribution < -0.4 is 10.6 Å². The van der Waals surface area contributed by atoms with Crippen LogP contribution in [0.2, 0.25) is 0 Å². The van der Waals surface area contributed by atoms with E-state index in [0.29, 0.717) is 6.54 Å². The number of hydrogen-bond donors (Lipinski definition) is 3. The van der Waals surface area contributed by atoms with E-state index in [2.05, 4.69) is 118 Å². The Morgan fingerprint density at radius 2 is 1.36 bits per heavy atom. The highest BCUT2D eigenvalue weighted by molar-refractivity contribution is 5.75. The zero-order valence-electron chi connectivity index (χ0n) is 32.8. The number of aliphatic hydroxyl groups is 1. The van der Waals surface area contributed by atoms with Crippen molar-refractivity contribution in [2.45, 2.75) is 89.2 Å². The fourth-order valence-electron chi connectivity index (χ4n) is 11.0. The van der Waals surface area contributed by atoms with Gasteiger partial charge in [-0.05, 0) is 95.7 Å². The Morgan fingerprint density at radius 3 is 2.04 bits per heavy atom. The van der Waals surface area contributed by atoms with E-state index in [1.54, 1.807) is 0 Å². The molecule has 2 heterocycles. The molecule has 4 atom stereocenters. The van der Waals surface area contributed by atoms with Crippen LogP contribution in [0, 0.1) is 23.7 Å². The van der Waals surface area contributed by atoms with Gasteiger partial charge in [-0.2, -0.15) is 0 Å². The van der Waals surface area contributed by atoms with Crippen LogP contribution in [0.5, 0.6) is 0 Å². The Kier molecular flexibility index (Phi) is 11.0. The van der Waals surface area contributed by atoms with Crippen molar-refractivity contribution in [1.82, 2.24) is 20.4 Å². The minimum Gasteiger partial charge on any atom is -0.392 e. The number of carbonyl (C=O) groups excluding carboxylic acids is 1. The second kappa shape index (κ2) is 16.4. The van der Waals surface area contributed by atoms with Crippen LogP contribution in [0.4, 0.5) is 4.79 Å². The first kappa shape index (κ1) is 37.5. The van der Waals surface area contributed by atoms with E-state index >= 15 is 0 Å². The summed E-state index contributed by atoms with van der Waals surface area (Å²) in [5.41, 5.74) is 7.67. The highest BCUT2D eigenvalue weighted by Crippen LogP contribution is 2.55. The summed E-state index contributed by atoms with van der Waals surface area (Å²) in [5, 5.41) is 16.3. The van der Waals surface area contributed by atoms with E-state index in [1.807, 2.05) is 12.1 Å². The average Bonchev–Trinajstić information content (AvgIpc) is 3.21. The number of rotatable bonds is 11. The molecule has 0 spiro atoms. The third-order valence-electron chi connectivity index (χ3n) is 13.6. The van der Waals surface area contributed by atoms with Gasteiger partial charge < -0.3 is 25.2 Å². The number of hydrogen-bond acceptors (Lipinski definition) is 6. The molecule has 6 fully saturated rings. The van der Waals surface area contributed by atoms with Crippen molar-refractivity contribution in [3.8, 4) is 11.1 Å². The first-order valence-corrected chi connectivity index (χ1v) is 21.1. The molecule has 4 aromatic carbocycles. The van der Waals surface area contributed by atoms with E-state index in [-0.39, 0.29) is 36.3 Å². The SMILES string of the molecule is CC1C(CN2CCN(Cc3ccccc3)CC2)OC(c2ccc(-c3cccc(CNC(=O)NC45CC6CC(CC(C6)C4)C5)c3)cc2)OC1c1ccc(CO)cc1. The van der Waals surface area contributed by atoms with Gasteiger partial charge in [0.2, 0.25) is 0 Å². The van der Waals surface area contributed by atoms with Crippen LogP contribution in [-0.2, 0) is 29.2 Å². The van der Waals surface area contributed by atoms with E-state index in [0.717, 1.165) is 110 Å². The van der Waals surface area contributed by atoms with Gasteiger partial charge in [0, 0.05) is 62.8 Å². The van der Waals surface area contributed by atoms with Crippen LogP contribution in [0.3, 0.4) is 0 Å². The van der Waals surface area contributed by atoms with Gasteiger partial charge in [0.25, 0.3) is 0 Å². The van der Waals surface area contributed by atoms with Gasteiger partial charge in [0.15, 0.2) is 6.29 Å². The highest BCUT2D eigenvalue weighted by atomic mass is 16.7. The van der Waals surface area contributed by atoms with Gasteiger partial charge in [-0.15, -0.1) is 0 Å². The fraction of sp³-hybridized carbons (Fsp3) is 0.479. The normalized spacial score (nSPS) is 30.3. The average molecular weight is 755 g/mol. The number of piperazine rings is 1. The van der Waals surface area contributed by atoms with Gasteiger partial charge in [-0.1, -0.05) is 104 Å². The Hall–Kier alpha value is -4.05. The number of ether oxygens (including phenoxy) is 2. The molecule has 8 nitrogen and oxygen atoms in total. The van der Waals surface area contributed by atoms with Gasteiger partial charge in [0.1, 0.15) is 0 Å². The molecule has 2 saturated heterocycles. The Morgan fingerprint density at radius 1 is 0.714 bits per heavy atom. The number of aliphatic hydroxyl groups excluding tert-OH is 1.